The van der Waals surface area contributed by atoms with E-state index in [2.05, 4.69) is 15.2 Å². The average molecular weight is 280 g/mol. The van der Waals surface area contributed by atoms with Gasteiger partial charge in [0.1, 0.15) is 22.8 Å². The minimum atomic E-state index is -0.498. The molecule has 3 aromatic heterocycles. The van der Waals surface area contributed by atoms with Gasteiger partial charge in [-0.05, 0) is 24.3 Å². The van der Waals surface area contributed by atoms with Gasteiger partial charge in [0.05, 0.1) is 0 Å². The highest BCUT2D eigenvalue weighted by molar-refractivity contribution is 5.86. The molecule has 0 radical (unpaired) electrons. The quantitative estimate of drug-likeness (QED) is 0.582. The topological polar surface area (TPSA) is 63.3 Å². The number of benzene rings is 1. The lowest BCUT2D eigenvalue weighted by molar-refractivity contribution is 0.474. The Morgan fingerprint density at radius 3 is 2.86 bits per heavy atom. The Bertz CT molecular complexity index is 980. The maximum absolute atomic E-state index is 13.3. The highest BCUT2D eigenvalue weighted by atomic mass is 19.1. The van der Waals surface area contributed by atoms with Gasteiger partial charge in [0.25, 0.3) is 0 Å². The number of halogens is 1. The summed E-state index contributed by atoms with van der Waals surface area (Å²) in [5, 5.41) is 18.6. The number of pyridine rings is 2. The van der Waals surface area contributed by atoms with Crippen LogP contribution in [-0.4, -0.2) is 24.7 Å². The summed E-state index contributed by atoms with van der Waals surface area (Å²) in [6.07, 6.45) is 1.83. The van der Waals surface area contributed by atoms with Crippen molar-refractivity contribution in [3.8, 4) is 17.3 Å². The number of aromatic hydroxyl groups is 1. The molecular formula is C15H9FN4O. The summed E-state index contributed by atoms with van der Waals surface area (Å²) in [4.78, 5) is 4.37. The molecule has 6 heteroatoms. The predicted molar refractivity (Wildman–Crippen MR) is 75.3 cm³/mol. The van der Waals surface area contributed by atoms with Gasteiger partial charge in [-0.1, -0.05) is 12.1 Å². The standard InChI is InChI=1S/C15H9FN4O/c16-10-7-9-4-5-11(17-14(9)12(21)8-10)15-19-18-13-3-1-2-6-20(13)15/h1-8,21H. The smallest absolute Gasteiger partial charge is 0.187 e. The summed E-state index contributed by atoms with van der Waals surface area (Å²) in [6.45, 7) is 0. The zero-order chi connectivity index (χ0) is 14.4. The summed E-state index contributed by atoms with van der Waals surface area (Å²) < 4.78 is 15.1. The molecule has 3 heterocycles. The van der Waals surface area contributed by atoms with Crippen molar-refractivity contribution in [2.45, 2.75) is 0 Å². The Balaban J connectivity index is 1.99. The predicted octanol–water partition coefficient (Wildman–Crippen LogP) is 2.79. The van der Waals surface area contributed by atoms with Crippen molar-refractivity contribution >= 4 is 16.6 Å². The molecule has 1 aromatic carbocycles. The molecule has 21 heavy (non-hydrogen) atoms. The SMILES string of the molecule is Oc1cc(F)cc2ccc(-c3nnc4ccccn34)nc12. The minimum Gasteiger partial charge on any atom is -0.506 e. The van der Waals surface area contributed by atoms with Gasteiger partial charge in [0.15, 0.2) is 11.5 Å². The van der Waals surface area contributed by atoms with Crippen LogP contribution in [-0.2, 0) is 0 Å². The third-order valence-corrected chi connectivity index (χ3v) is 3.28. The van der Waals surface area contributed by atoms with Crippen LogP contribution in [0.25, 0.3) is 28.1 Å². The van der Waals surface area contributed by atoms with Crippen LogP contribution in [0.1, 0.15) is 0 Å². The Kier molecular flexibility index (Phi) is 2.38. The van der Waals surface area contributed by atoms with E-state index in [9.17, 15) is 9.50 Å². The van der Waals surface area contributed by atoms with Crippen LogP contribution >= 0.6 is 0 Å². The highest BCUT2D eigenvalue weighted by Gasteiger charge is 2.11. The molecule has 4 rings (SSSR count). The van der Waals surface area contributed by atoms with Crippen molar-refractivity contribution in [1.29, 1.82) is 0 Å². The van der Waals surface area contributed by atoms with E-state index in [1.165, 1.54) is 6.07 Å². The number of phenolic OH excluding ortho intramolecular Hbond substituents is 1. The fourth-order valence-corrected chi connectivity index (χ4v) is 2.32. The second-order valence-electron chi connectivity index (χ2n) is 4.65. The zero-order valence-corrected chi connectivity index (χ0v) is 10.7. The minimum absolute atomic E-state index is 0.194. The first-order valence-electron chi connectivity index (χ1n) is 6.32. The third kappa shape index (κ3) is 1.80. The van der Waals surface area contributed by atoms with Crippen LogP contribution < -0.4 is 0 Å². The maximum Gasteiger partial charge on any atom is 0.187 e. The van der Waals surface area contributed by atoms with Gasteiger partial charge in [-0.25, -0.2) is 9.37 Å². The molecule has 0 aliphatic carbocycles. The Morgan fingerprint density at radius 2 is 1.95 bits per heavy atom. The van der Waals surface area contributed by atoms with Gasteiger partial charge in [-0.2, -0.15) is 0 Å². The van der Waals surface area contributed by atoms with Gasteiger partial charge in [-0.3, -0.25) is 4.40 Å². The Labute approximate surface area is 118 Å². The summed E-state index contributed by atoms with van der Waals surface area (Å²) in [5.41, 5.74) is 1.60. The third-order valence-electron chi connectivity index (χ3n) is 3.28. The summed E-state index contributed by atoms with van der Waals surface area (Å²) in [5.74, 6) is -0.126. The fourth-order valence-electron chi connectivity index (χ4n) is 2.32. The largest absolute Gasteiger partial charge is 0.506 e. The van der Waals surface area contributed by atoms with E-state index < -0.39 is 5.82 Å². The number of phenols is 1. The van der Waals surface area contributed by atoms with Crippen LogP contribution in [0.15, 0.2) is 48.7 Å². The van der Waals surface area contributed by atoms with E-state index in [-0.39, 0.29) is 5.75 Å². The summed E-state index contributed by atoms with van der Waals surface area (Å²) >= 11 is 0. The van der Waals surface area contributed by atoms with Crippen molar-refractivity contribution in [1.82, 2.24) is 19.6 Å². The van der Waals surface area contributed by atoms with Crippen LogP contribution in [0, 0.1) is 5.82 Å². The molecule has 1 N–H and O–H groups in total. The molecule has 0 atom stereocenters. The summed E-state index contributed by atoms with van der Waals surface area (Å²) in [6, 6.07) is 11.4. The van der Waals surface area contributed by atoms with Crippen LogP contribution in [0.4, 0.5) is 4.39 Å². The molecule has 0 amide bonds. The highest BCUT2D eigenvalue weighted by Crippen LogP contribution is 2.27. The van der Waals surface area contributed by atoms with Crippen molar-refractivity contribution < 1.29 is 9.50 Å². The molecule has 102 valence electrons. The van der Waals surface area contributed by atoms with Crippen molar-refractivity contribution in [3.63, 3.8) is 0 Å². The lowest BCUT2D eigenvalue weighted by Crippen LogP contribution is -1.92. The Hall–Kier alpha value is -3.02. The van der Waals surface area contributed by atoms with Crippen LogP contribution in [0.3, 0.4) is 0 Å². The van der Waals surface area contributed by atoms with Gasteiger partial charge in [-0.15, -0.1) is 10.2 Å². The number of hydrogen-bond acceptors (Lipinski definition) is 4. The second kappa shape index (κ2) is 4.24. The molecule has 0 saturated heterocycles. The second-order valence-corrected chi connectivity index (χ2v) is 4.65. The fraction of sp³-hybridized carbons (Fsp3) is 0. The summed E-state index contributed by atoms with van der Waals surface area (Å²) in [7, 11) is 0. The maximum atomic E-state index is 13.3. The van der Waals surface area contributed by atoms with Crippen LogP contribution in [0.2, 0.25) is 0 Å². The molecule has 0 spiro atoms. The molecule has 0 aliphatic rings. The normalized spacial score (nSPS) is 11.3. The van der Waals surface area contributed by atoms with Crippen molar-refractivity contribution in [2.24, 2.45) is 0 Å². The molecule has 0 fully saturated rings. The first-order chi connectivity index (χ1) is 10.2. The van der Waals surface area contributed by atoms with E-state index in [0.29, 0.717) is 28.1 Å². The van der Waals surface area contributed by atoms with E-state index in [4.69, 9.17) is 0 Å². The van der Waals surface area contributed by atoms with Crippen LogP contribution in [0.5, 0.6) is 5.75 Å². The van der Waals surface area contributed by atoms with Gasteiger partial charge >= 0.3 is 0 Å². The number of hydrogen-bond donors (Lipinski definition) is 1. The molecule has 0 unspecified atom stereocenters. The average Bonchev–Trinajstić information content (AvgIpc) is 2.91. The van der Waals surface area contributed by atoms with E-state index in [1.54, 1.807) is 16.5 Å². The van der Waals surface area contributed by atoms with E-state index >= 15 is 0 Å². The number of rotatable bonds is 1. The molecule has 0 aliphatic heterocycles. The number of nitrogens with zero attached hydrogens (tertiary/aromatic N) is 4. The number of aromatic nitrogens is 4. The Morgan fingerprint density at radius 1 is 1.05 bits per heavy atom. The van der Waals surface area contributed by atoms with Crippen molar-refractivity contribution in [3.05, 3.63) is 54.5 Å². The lowest BCUT2D eigenvalue weighted by atomic mass is 10.2. The molecule has 4 aromatic rings. The zero-order valence-electron chi connectivity index (χ0n) is 10.7. The molecule has 0 saturated carbocycles. The lowest BCUT2D eigenvalue weighted by Gasteiger charge is -2.04. The van der Waals surface area contributed by atoms with Gasteiger partial charge in [0.2, 0.25) is 0 Å². The first-order valence-corrected chi connectivity index (χ1v) is 6.32. The molecular weight excluding hydrogens is 271 g/mol. The van der Waals surface area contributed by atoms with Gasteiger partial charge in [0, 0.05) is 17.6 Å². The number of fused-ring (bicyclic) bond motifs is 2. The van der Waals surface area contributed by atoms with E-state index in [1.807, 2.05) is 24.4 Å². The molecule has 5 nitrogen and oxygen atoms in total. The first kappa shape index (κ1) is 11.8. The van der Waals surface area contributed by atoms with Gasteiger partial charge < -0.3 is 5.11 Å². The van der Waals surface area contributed by atoms with E-state index in [0.717, 1.165) is 6.07 Å². The molecule has 0 bridgehead atoms. The van der Waals surface area contributed by atoms with Crippen molar-refractivity contribution in [2.75, 3.05) is 0 Å². The monoisotopic (exact) mass is 280 g/mol.